The SMILES string of the molecule is CCOCc1ccccc1NCc1cc(C)ccc1F. The van der Waals surface area contributed by atoms with Gasteiger partial charge in [0.2, 0.25) is 0 Å². The highest BCUT2D eigenvalue weighted by atomic mass is 19.1. The molecule has 2 aromatic rings. The summed E-state index contributed by atoms with van der Waals surface area (Å²) >= 11 is 0. The molecule has 106 valence electrons. The van der Waals surface area contributed by atoms with E-state index in [0.717, 1.165) is 16.8 Å². The number of halogens is 1. The Morgan fingerprint density at radius 3 is 2.70 bits per heavy atom. The molecular formula is C17H20FNO. The van der Waals surface area contributed by atoms with E-state index in [1.165, 1.54) is 6.07 Å². The second kappa shape index (κ2) is 7.06. The number of aryl methyl sites for hydroxylation is 1. The molecule has 20 heavy (non-hydrogen) atoms. The Bertz CT molecular complexity index is 569. The van der Waals surface area contributed by atoms with Gasteiger partial charge < -0.3 is 10.1 Å². The molecular weight excluding hydrogens is 253 g/mol. The van der Waals surface area contributed by atoms with Crippen LogP contribution in [0.25, 0.3) is 0 Å². The van der Waals surface area contributed by atoms with Crippen molar-refractivity contribution in [2.75, 3.05) is 11.9 Å². The number of rotatable bonds is 6. The van der Waals surface area contributed by atoms with Crippen LogP contribution in [0.4, 0.5) is 10.1 Å². The van der Waals surface area contributed by atoms with Gasteiger partial charge in [-0.25, -0.2) is 4.39 Å². The molecule has 2 nitrogen and oxygen atoms in total. The van der Waals surface area contributed by atoms with Crippen LogP contribution in [0.15, 0.2) is 42.5 Å². The number of nitrogens with one attached hydrogen (secondary N) is 1. The number of hydrogen-bond donors (Lipinski definition) is 1. The fraction of sp³-hybridized carbons (Fsp3) is 0.294. The number of ether oxygens (including phenoxy) is 1. The molecule has 0 saturated carbocycles. The van der Waals surface area contributed by atoms with Crippen molar-refractivity contribution >= 4 is 5.69 Å². The summed E-state index contributed by atoms with van der Waals surface area (Å²) in [6, 6.07) is 13.1. The maximum Gasteiger partial charge on any atom is 0.128 e. The first kappa shape index (κ1) is 14.5. The fourth-order valence-corrected chi connectivity index (χ4v) is 2.06. The second-order valence-electron chi connectivity index (χ2n) is 4.74. The van der Waals surface area contributed by atoms with E-state index in [1.807, 2.05) is 44.2 Å². The lowest BCUT2D eigenvalue weighted by molar-refractivity contribution is 0.134. The minimum absolute atomic E-state index is 0.176. The lowest BCUT2D eigenvalue weighted by Crippen LogP contribution is -2.05. The Labute approximate surface area is 119 Å². The molecule has 0 fully saturated rings. The molecule has 0 aliphatic heterocycles. The number of anilines is 1. The van der Waals surface area contributed by atoms with Crippen molar-refractivity contribution in [3.05, 3.63) is 65.0 Å². The van der Waals surface area contributed by atoms with E-state index in [9.17, 15) is 4.39 Å². The lowest BCUT2D eigenvalue weighted by Gasteiger charge is -2.13. The summed E-state index contributed by atoms with van der Waals surface area (Å²) < 4.78 is 19.2. The van der Waals surface area contributed by atoms with Crippen molar-refractivity contribution < 1.29 is 9.13 Å². The molecule has 1 N–H and O–H groups in total. The van der Waals surface area contributed by atoms with Gasteiger partial charge in [-0.2, -0.15) is 0 Å². The number of hydrogen-bond acceptors (Lipinski definition) is 2. The van der Waals surface area contributed by atoms with Crippen LogP contribution in [0.3, 0.4) is 0 Å². The molecule has 0 amide bonds. The molecule has 0 bridgehead atoms. The van der Waals surface area contributed by atoms with E-state index in [-0.39, 0.29) is 5.82 Å². The first-order chi connectivity index (χ1) is 9.70. The monoisotopic (exact) mass is 273 g/mol. The lowest BCUT2D eigenvalue weighted by atomic mass is 10.1. The summed E-state index contributed by atoms with van der Waals surface area (Å²) in [5.74, 6) is -0.176. The normalized spacial score (nSPS) is 10.6. The van der Waals surface area contributed by atoms with Gasteiger partial charge in [0.05, 0.1) is 6.61 Å². The quantitative estimate of drug-likeness (QED) is 0.848. The minimum atomic E-state index is -0.176. The molecule has 0 radical (unpaired) electrons. The standard InChI is InChI=1S/C17H20FNO/c1-3-20-12-14-6-4-5-7-17(14)19-11-15-10-13(2)8-9-16(15)18/h4-10,19H,3,11-12H2,1-2H3. The van der Waals surface area contributed by atoms with Crippen LogP contribution in [-0.2, 0) is 17.9 Å². The summed E-state index contributed by atoms with van der Waals surface area (Å²) in [5.41, 5.74) is 3.81. The minimum Gasteiger partial charge on any atom is -0.381 e. The maximum atomic E-state index is 13.7. The average molecular weight is 273 g/mol. The van der Waals surface area contributed by atoms with E-state index in [1.54, 1.807) is 6.07 Å². The Hall–Kier alpha value is -1.87. The number of benzene rings is 2. The number of para-hydroxylation sites is 1. The van der Waals surface area contributed by atoms with Gasteiger partial charge in [0.15, 0.2) is 0 Å². The van der Waals surface area contributed by atoms with Crippen molar-refractivity contribution in [3.8, 4) is 0 Å². The predicted molar refractivity (Wildman–Crippen MR) is 80.2 cm³/mol. The summed E-state index contributed by atoms with van der Waals surface area (Å²) in [4.78, 5) is 0. The van der Waals surface area contributed by atoms with Crippen LogP contribution in [0, 0.1) is 12.7 Å². The zero-order chi connectivity index (χ0) is 14.4. The Balaban J connectivity index is 2.08. The van der Waals surface area contributed by atoms with Gasteiger partial charge in [0.25, 0.3) is 0 Å². The van der Waals surface area contributed by atoms with Crippen LogP contribution >= 0.6 is 0 Å². The van der Waals surface area contributed by atoms with Gasteiger partial charge >= 0.3 is 0 Å². The highest BCUT2D eigenvalue weighted by Crippen LogP contribution is 2.18. The zero-order valence-electron chi connectivity index (χ0n) is 11.9. The average Bonchev–Trinajstić information content (AvgIpc) is 2.47. The first-order valence-electron chi connectivity index (χ1n) is 6.85. The molecule has 0 spiro atoms. The summed E-state index contributed by atoms with van der Waals surface area (Å²) in [7, 11) is 0. The molecule has 0 aromatic heterocycles. The summed E-state index contributed by atoms with van der Waals surface area (Å²) in [5, 5.41) is 3.29. The topological polar surface area (TPSA) is 21.3 Å². The Kier molecular flexibility index (Phi) is 5.13. The molecule has 0 heterocycles. The third-order valence-electron chi connectivity index (χ3n) is 3.15. The smallest absolute Gasteiger partial charge is 0.128 e. The van der Waals surface area contributed by atoms with E-state index in [0.29, 0.717) is 25.3 Å². The van der Waals surface area contributed by atoms with Gasteiger partial charge in [-0.3, -0.25) is 0 Å². The van der Waals surface area contributed by atoms with Crippen LogP contribution in [0.1, 0.15) is 23.6 Å². The van der Waals surface area contributed by atoms with Crippen molar-refractivity contribution in [1.29, 1.82) is 0 Å². The predicted octanol–water partition coefficient (Wildman–Crippen LogP) is 4.28. The van der Waals surface area contributed by atoms with Crippen LogP contribution in [-0.4, -0.2) is 6.61 Å². The Morgan fingerprint density at radius 1 is 1.10 bits per heavy atom. The van der Waals surface area contributed by atoms with Gasteiger partial charge in [-0.05, 0) is 26.0 Å². The van der Waals surface area contributed by atoms with E-state index < -0.39 is 0 Å². The molecule has 0 unspecified atom stereocenters. The third-order valence-corrected chi connectivity index (χ3v) is 3.15. The van der Waals surface area contributed by atoms with Crippen molar-refractivity contribution in [2.45, 2.75) is 27.0 Å². The molecule has 0 atom stereocenters. The summed E-state index contributed by atoms with van der Waals surface area (Å²) in [6.07, 6.45) is 0. The van der Waals surface area contributed by atoms with Gasteiger partial charge in [-0.15, -0.1) is 0 Å². The highest BCUT2D eigenvalue weighted by molar-refractivity contribution is 5.51. The van der Waals surface area contributed by atoms with E-state index >= 15 is 0 Å². The summed E-state index contributed by atoms with van der Waals surface area (Å²) in [6.45, 7) is 5.65. The second-order valence-corrected chi connectivity index (χ2v) is 4.74. The molecule has 0 saturated heterocycles. The molecule has 0 aliphatic rings. The van der Waals surface area contributed by atoms with Gasteiger partial charge in [0, 0.05) is 30.0 Å². The molecule has 2 aromatic carbocycles. The van der Waals surface area contributed by atoms with Crippen LogP contribution < -0.4 is 5.32 Å². The van der Waals surface area contributed by atoms with Crippen molar-refractivity contribution in [2.24, 2.45) is 0 Å². The molecule has 3 heteroatoms. The van der Waals surface area contributed by atoms with Crippen molar-refractivity contribution in [1.82, 2.24) is 0 Å². The largest absolute Gasteiger partial charge is 0.381 e. The van der Waals surface area contributed by atoms with Gasteiger partial charge in [-0.1, -0.05) is 35.9 Å². The zero-order valence-corrected chi connectivity index (χ0v) is 11.9. The molecule has 2 rings (SSSR count). The first-order valence-corrected chi connectivity index (χ1v) is 6.85. The van der Waals surface area contributed by atoms with Crippen LogP contribution in [0.5, 0.6) is 0 Å². The van der Waals surface area contributed by atoms with Crippen LogP contribution in [0.2, 0.25) is 0 Å². The van der Waals surface area contributed by atoms with Crippen molar-refractivity contribution in [3.63, 3.8) is 0 Å². The third kappa shape index (κ3) is 3.81. The van der Waals surface area contributed by atoms with Gasteiger partial charge in [0.1, 0.15) is 5.82 Å². The molecule has 0 aliphatic carbocycles. The van der Waals surface area contributed by atoms with E-state index in [4.69, 9.17) is 4.74 Å². The maximum absolute atomic E-state index is 13.7. The Morgan fingerprint density at radius 2 is 1.90 bits per heavy atom. The van der Waals surface area contributed by atoms with E-state index in [2.05, 4.69) is 5.32 Å². The fourth-order valence-electron chi connectivity index (χ4n) is 2.06. The highest BCUT2D eigenvalue weighted by Gasteiger charge is 2.05.